The van der Waals surface area contributed by atoms with Crippen LogP contribution in [0.1, 0.15) is 27.2 Å². The first-order valence-corrected chi connectivity index (χ1v) is 10.0. The maximum atomic E-state index is 12.6. The highest BCUT2D eigenvalue weighted by molar-refractivity contribution is 9.10. The summed E-state index contributed by atoms with van der Waals surface area (Å²) >= 11 is 4.57. The van der Waals surface area contributed by atoms with Crippen LogP contribution in [0.2, 0.25) is 0 Å². The van der Waals surface area contributed by atoms with Gasteiger partial charge in [-0.25, -0.2) is 8.42 Å². The van der Waals surface area contributed by atoms with E-state index in [0.717, 1.165) is 26.1 Å². The summed E-state index contributed by atoms with van der Waals surface area (Å²) < 4.78 is 27.7. The molecule has 116 valence electrons. The number of hydrogen-bond donors (Lipinski definition) is 0. The number of hydrogen-bond acceptors (Lipinski definition) is 4. The molecule has 0 aliphatic rings. The van der Waals surface area contributed by atoms with Gasteiger partial charge < -0.3 is 4.90 Å². The molecule has 0 unspecified atom stereocenters. The molecule has 0 aromatic carbocycles. The smallest absolute Gasteiger partial charge is 0.253 e. The van der Waals surface area contributed by atoms with Gasteiger partial charge in [0, 0.05) is 17.6 Å². The highest BCUT2D eigenvalue weighted by atomic mass is 79.9. The third-order valence-corrected chi connectivity index (χ3v) is 7.91. The van der Waals surface area contributed by atoms with Crippen molar-refractivity contribution in [3.8, 4) is 0 Å². The Hall–Kier alpha value is 0.0500. The van der Waals surface area contributed by atoms with E-state index in [1.807, 2.05) is 6.92 Å². The summed E-state index contributed by atoms with van der Waals surface area (Å²) in [6.07, 6.45) is 0.859. The topological polar surface area (TPSA) is 40.6 Å². The predicted molar refractivity (Wildman–Crippen MR) is 88.9 cm³/mol. The van der Waals surface area contributed by atoms with Gasteiger partial charge in [-0.3, -0.25) is 0 Å². The lowest BCUT2D eigenvalue weighted by Gasteiger charge is -2.22. The van der Waals surface area contributed by atoms with Crippen molar-refractivity contribution in [3.63, 3.8) is 0 Å². The predicted octanol–water partition coefficient (Wildman–Crippen LogP) is 3.25. The molecule has 0 bridgehead atoms. The molecule has 0 aliphatic carbocycles. The summed E-state index contributed by atoms with van der Waals surface area (Å²) in [5, 5.41) is 1.79. The quantitative estimate of drug-likeness (QED) is 0.657. The van der Waals surface area contributed by atoms with E-state index in [1.165, 1.54) is 11.3 Å². The molecule has 1 rings (SSSR count). The van der Waals surface area contributed by atoms with Crippen LogP contribution in [0.4, 0.5) is 0 Å². The number of sulfonamides is 1. The van der Waals surface area contributed by atoms with Crippen molar-refractivity contribution < 1.29 is 8.42 Å². The first kappa shape index (κ1) is 18.1. The first-order valence-electron chi connectivity index (χ1n) is 6.92. The fourth-order valence-electron chi connectivity index (χ4n) is 2.04. The average Bonchev–Trinajstić information content (AvgIpc) is 2.86. The van der Waals surface area contributed by atoms with Crippen molar-refractivity contribution in [3.05, 3.63) is 15.9 Å². The van der Waals surface area contributed by atoms with Crippen molar-refractivity contribution in [1.82, 2.24) is 9.21 Å². The summed E-state index contributed by atoms with van der Waals surface area (Å²) in [6.45, 7) is 10.2. The van der Waals surface area contributed by atoms with Gasteiger partial charge in [-0.2, -0.15) is 4.31 Å². The Balaban J connectivity index is 2.69. The van der Waals surface area contributed by atoms with Crippen LogP contribution >= 0.6 is 27.3 Å². The van der Waals surface area contributed by atoms with Gasteiger partial charge in [0.2, 0.25) is 0 Å². The summed E-state index contributed by atoms with van der Waals surface area (Å²) in [6, 6.07) is 1.78. The fourth-order valence-corrected chi connectivity index (χ4v) is 5.98. The average molecular weight is 383 g/mol. The normalized spacial score (nSPS) is 12.5. The van der Waals surface area contributed by atoms with Crippen LogP contribution in [0, 0.1) is 0 Å². The maximum Gasteiger partial charge on any atom is 0.253 e. The van der Waals surface area contributed by atoms with Gasteiger partial charge >= 0.3 is 0 Å². The Labute approximate surface area is 135 Å². The zero-order valence-corrected chi connectivity index (χ0v) is 15.5. The Morgan fingerprint density at radius 1 is 1.15 bits per heavy atom. The van der Waals surface area contributed by atoms with Crippen molar-refractivity contribution >= 4 is 37.3 Å². The van der Waals surface area contributed by atoms with Gasteiger partial charge in [0.05, 0.1) is 0 Å². The van der Waals surface area contributed by atoms with Crippen LogP contribution in [-0.4, -0.2) is 50.3 Å². The van der Waals surface area contributed by atoms with Crippen LogP contribution in [0.25, 0.3) is 0 Å². The molecule has 7 heteroatoms. The van der Waals surface area contributed by atoms with Gasteiger partial charge in [0.25, 0.3) is 10.0 Å². The lowest BCUT2D eigenvalue weighted by Crippen LogP contribution is -2.34. The van der Waals surface area contributed by atoms with Gasteiger partial charge in [-0.05, 0) is 53.4 Å². The van der Waals surface area contributed by atoms with Gasteiger partial charge in [-0.15, -0.1) is 11.3 Å². The van der Waals surface area contributed by atoms with E-state index in [1.54, 1.807) is 15.8 Å². The zero-order chi connectivity index (χ0) is 15.2. The number of halogens is 1. The molecule has 0 atom stereocenters. The molecule has 20 heavy (non-hydrogen) atoms. The third-order valence-electron chi connectivity index (χ3n) is 3.29. The van der Waals surface area contributed by atoms with Crippen LogP contribution < -0.4 is 0 Å². The molecule has 0 radical (unpaired) electrons. The lowest BCUT2D eigenvalue weighted by atomic mass is 10.3. The molecule has 1 aromatic heterocycles. The maximum absolute atomic E-state index is 12.6. The first-order chi connectivity index (χ1) is 9.47. The minimum atomic E-state index is -3.36. The summed E-state index contributed by atoms with van der Waals surface area (Å²) in [5.74, 6) is 0. The highest BCUT2D eigenvalue weighted by Crippen LogP contribution is 2.30. The van der Waals surface area contributed by atoms with Gasteiger partial charge in [0.15, 0.2) is 0 Å². The molecule has 4 nitrogen and oxygen atoms in total. The Kier molecular flexibility index (Phi) is 7.68. The highest BCUT2D eigenvalue weighted by Gasteiger charge is 2.26. The standard InChI is InChI=1S/C13H23BrN2O2S2/c1-4-15(5-2)9-7-10-16(6-3)20(17,18)13-12(14)8-11-19-13/h8,11H,4-7,9-10H2,1-3H3. The summed E-state index contributed by atoms with van der Waals surface area (Å²) in [5.41, 5.74) is 0. The molecule has 0 aliphatic heterocycles. The monoisotopic (exact) mass is 382 g/mol. The molecule has 0 fully saturated rings. The Bertz CT molecular complexity index is 498. The van der Waals surface area contributed by atoms with E-state index in [0.29, 0.717) is 21.8 Å². The Morgan fingerprint density at radius 3 is 2.25 bits per heavy atom. The van der Waals surface area contributed by atoms with Crippen molar-refractivity contribution in [2.24, 2.45) is 0 Å². The number of nitrogens with zero attached hydrogens (tertiary/aromatic N) is 2. The second-order valence-electron chi connectivity index (χ2n) is 4.43. The molecule has 1 heterocycles. The second-order valence-corrected chi connectivity index (χ2v) is 8.34. The molecule has 0 N–H and O–H groups in total. The van der Waals surface area contributed by atoms with Crippen LogP contribution in [0.5, 0.6) is 0 Å². The van der Waals surface area contributed by atoms with E-state index < -0.39 is 10.0 Å². The third kappa shape index (κ3) is 4.53. The van der Waals surface area contributed by atoms with Crippen molar-refractivity contribution in [2.45, 2.75) is 31.4 Å². The van der Waals surface area contributed by atoms with Crippen LogP contribution in [0.15, 0.2) is 20.1 Å². The van der Waals surface area contributed by atoms with Gasteiger partial charge in [-0.1, -0.05) is 20.8 Å². The van der Waals surface area contributed by atoms with E-state index in [4.69, 9.17) is 0 Å². The Morgan fingerprint density at radius 2 is 1.80 bits per heavy atom. The van der Waals surface area contributed by atoms with E-state index >= 15 is 0 Å². The van der Waals surface area contributed by atoms with E-state index in [2.05, 4.69) is 34.7 Å². The zero-order valence-electron chi connectivity index (χ0n) is 12.3. The molecule has 0 amide bonds. The number of thiophene rings is 1. The fraction of sp³-hybridized carbons (Fsp3) is 0.692. The molecule has 0 spiro atoms. The summed E-state index contributed by atoms with van der Waals surface area (Å²) in [7, 11) is -3.36. The summed E-state index contributed by atoms with van der Waals surface area (Å²) in [4.78, 5) is 2.31. The van der Waals surface area contributed by atoms with Crippen molar-refractivity contribution in [2.75, 3.05) is 32.7 Å². The molecular weight excluding hydrogens is 360 g/mol. The molecule has 0 saturated heterocycles. The molecule has 0 saturated carbocycles. The van der Waals surface area contributed by atoms with Crippen LogP contribution in [-0.2, 0) is 10.0 Å². The minimum absolute atomic E-state index is 0.405. The van der Waals surface area contributed by atoms with Gasteiger partial charge in [0.1, 0.15) is 4.21 Å². The molecule has 1 aromatic rings. The second kappa shape index (κ2) is 8.48. The van der Waals surface area contributed by atoms with E-state index in [9.17, 15) is 8.42 Å². The minimum Gasteiger partial charge on any atom is -0.304 e. The molecular formula is C13H23BrN2O2S2. The largest absolute Gasteiger partial charge is 0.304 e. The van der Waals surface area contributed by atoms with Crippen LogP contribution in [0.3, 0.4) is 0 Å². The number of rotatable bonds is 9. The SMILES string of the molecule is CCN(CC)CCCN(CC)S(=O)(=O)c1sccc1Br. The van der Waals surface area contributed by atoms with Crippen molar-refractivity contribution in [1.29, 1.82) is 0 Å². The van der Waals surface area contributed by atoms with E-state index in [-0.39, 0.29) is 0 Å². The lowest BCUT2D eigenvalue weighted by molar-refractivity contribution is 0.285.